The van der Waals surface area contributed by atoms with Crippen molar-refractivity contribution >= 4 is 5.78 Å². The van der Waals surface area contributed by atoms with Gasteiger partial charge < -0.3 is 0 Å². The highest BCUT2D eigenvalue weighted by Crippen LogP contribution is 2.11. The van der Waals surface area contributed by atoms with E-state index in [2.05, 4.69) is 13.2 Å². The van der Waals surface area contributed by atoms with Crippen molar-refractivity contribution in [2.45, 2.75) is 13.3 Å². The van der Waals surface area contributed by atoms with Crippen LogP contribution < -0.4 is 0 Å². The average molecular weight is 186 g/mol. The molecule has 0 aliphatic carbocycles. The Labute approximate surface area is 84.8 Å². The molecule has 0 N–H and O–H groups in total. The summed E-state index contributed by atoms with van der Waals surface area (Å²) in [5, 5.41) is 0. The minimum absolute atomic E-state index is 0.00796. The van der Waals surface area contributed by atoms with Gasteiger partial charge in [-0.3, -0.25) is 4.79 Å². The molecule has 0 unspecified atom stereocenters. The van der Waals surface area contributed by atoms with Crippen LogP contribution in [0.25, 0.3) is 0 Å². The van der Waals surface area contributed by atoms with Gasteiger partial charge in [0.2, 0.25) is 0 Å². The van der Waals surface area contributed by atoms with Gasteiger partial charge in [-0.1, -0.05) is 36.4 Å². The summed E-state index contributed by atoms with van der Waals surface area (Å²) in [6.45, 7) is 9.28. The second-order valence-corrected chi connectivity index (χ2v) is 3.29. The Balaban J connectivity index is 2.89. The molecule has 0 bridgehead atoms. The first-order chi connectivity index (χ1) is 6.65. The molecule has 1 heteroatoms. The molecular formula is C13H14O. The number of allylic oxidation sites excluding steroid dienone is 2. The van der Waals surface area contributed by atoms with Crippen molar-refractivity contribution < 1.29 is 4.79 Å². The van der Waals surface area contributed by atoms with Gasteiger partial charge in [0.05, 0.1) is 0 Å². The topological polar surface area (TPSA) is 17.1 Å². The lowest BCUT2D eigenvalue weighted by molar-refractivity contribution is 0.103. The Morgan fingerprint density at radius 2 is 2.21 bits per heavy atom. The zero-order chi connectivity index (χ0) is 10.6. The zero-order valence-corrected chi connectivity index (χ0v) is 8.42. The zero-order valence-electron chi connectivity index (χ0n) is 8.42. The van der Waals surface area contributed by atoms with Gasteiger partial charge in [0.15, 0.2) is 5.78 Å². The van der Waals surface area contributed by atoms with E-state index in [1.165, 1.54) is 0 Å². The summed E-state index contributed by atoms with van der Waals surface area (Å²) in [5.74, 6) is 0.00796. The number of carbonyl (C=O) groups is 1. The van der Waals surface area contributed by atoms with Crippen molar-refractivity contribution in [3.8, 4) is 0 Å². The summed E-state index contributed by atoms with van der Waals surface area (Å²) in [6.07, 6.45) is 2.24. The summed E-state index contributed by atoms with van der Waals surface area (Å²) >= 11 is 0. The van der Waals surface area contributed by atoms with Gasteiger partial charge in [-0.25, -0.2) is 0 Å². The van der Waals surface area contributed by atoms with Gasteiger partial charge in [0, 0.05) is 5.56 Å². The number of benzene rings is 1. The number of hydrogen-bond acceptors (Lipinski definition) is 1. The van der Waals surface area contributed by atoms with Gasteiger partial charge in [-0.05, 0) is 25.0 Å². The number of carbonyl (C=O) groups excluding carboxylic acids is 1. The molecule has 0 amide bonds. The van der Waals surface area contributed by atoms with Crippen LogP contribution in [-0.4, -0.2) is 5.78 Å². The SMILES string of the molecule is C=CCC(=C)C(=O)c1cccc(C)c1. The van der Waals surface area contributed by atoms with Gasteiger partial charge in [0.25, 0.3) is 0 Å². The summed E-state index contributed by atoms with van der Waals surface area (Å²) in [4.78, 5) is 11.7. The highest BCUT2D eigenvalue weighted by atomic mass is 16.1. The van der Waals surface area contributed by atoms with E-state index in [1.807, 2.05) is 31.2 Å². The molecule has 1 rings (SSSR count). The van der Waals surface area contributed by atoms with Crippen LogP contribution in [0.5, 0.6) is 0 Å². The first-order valence-electron chi connectivity index (χ1n) is 4.55. The monoisotopic (exact) mass is 186 g/mol. The summed E-state index contributed by atoms with van der Waals surface area (Å²) in [6, 6.07) is 7.52. The van der Waals surface area contributed by atoms with Gasteiger partial charge >= 0.3 is 0 Å². The normalized spacial score (nSPS) is 9.50. The fourth-order valence-electron chi connectivity index (χ4n) is 1.26. The Hall–Kier alpha value is -1.63. The fraction of sp³-hybridized carbons (Fsp3) is 0.154. The van der Waals surface area contributed by atoms with E-state index in [4.69, 9.17) is 0 Å². The highest BCUT2D eigenvalue weighted by molar-refractivity contribution is 6.08. The molecule has 1 nitrogen and oxygen atoms in total. The maximum Gasteiger partial charge on any atom is 0.188 e. The Morgan fingerprint density at radius 3 is 2.79 bits per heavy atom. The third-order valence-electron chi connectivity index (χ3n) is 1.99. The van der Waals surface area contributed by atoms with E-state index in [0.29, 0.717) is 17.6 Å². The molecule has 0 heterocycles. The van der Waals surface area contributed by atoms with Crippen molar-refractivity contribution in [2.75, 3.05) is 0 Å². The van der Waals surface area contributed by atoms with Gasteiger partial charge in [0.1, 0.15) is 0 Å². The molecule has 0 radical (unpaired) electrons. The minimum Gasteiger partial charge on any atom is -0.289 e. The summed E-state index contributed by atoms with van der Waals surface area (Å²) < 4.78 is 0. The standard InChI is InChI=1S/C13H14O/c1-4-6-11(3)13(14)12-8-5-7-10(2)9-12/h4-5,7-9H,1,3,6H2,2H3. The average Bonchev–Trinajstić information content (AvgIpc) is 2.17. The van der Waals surface area contributed by atoms with E-state index in [-0.39, 0.29) is 5.78 Å². The molecule has 0 atom stereocenters. The maximum absolute atomic E-state index is 11.7. The number of rotatable bonds is 4. The Morgan fingerprint density at radius 1 is 1.50 bits per heavy atom. The lowest BCUT2D eigenvalue weighted by Crippen LogP contribution is -2.01. The first kappa shape index (κ1) is 10.5. The molecule has 14 heavy (non-hydrogen) atoms. The van der Waals surface area contributed by atoms with Crippen molar-refractivity contribution in [3.05, 3.63) is 60.2 Å². The predicted molar refractivity (Wildman–Crippen MR) is 59.5 cm³/mol. The molecule has 0 saturated heterocycles. The number of aryl methyl sites for hydroxylation is 1. The molecule has 0 aliphatic rings. The molecule has 0 saturated carbocycles. The largest absolute Gasteiger partial charge is 0.289 e. The second kappa shape index (κ2) is 4.56. The molecule has 0 aromatic heterocycles. The Kier molecular flexibility index (Phi) is 3.41. The number of hydrogen-bond donors (Lipinski definition) is 0. The molecule has 1 aromatic carbocycles. The molecule has 0 fully saturated rings. The highest BCUT2D eigenvalue weighted by Gasteiger charge is 2.08. The van der Waals surface area contributed by atoms with Crippen LogP contribution in [0.2, 0.25) is 0 Å². The number of Topliss-reactive ketones (excluding diaryl/α,β-unsaturated/α-hetero) is 1. The van der Waals surface area contributed by atoms with Crippen molar-refractivity contribution in [1.29, 1.82) is 0 Å². The van der Waals surface area contributed by atoms with E-state index >= 15 is 0 Å². The van der Waals surface area contributed by atoms with Crippen molar-refractivity contribution in [3.63, 3.8) is 0 Å². The van der Waals surface area contributed by atoms with E-state index in [0.717, 1.165) is 5.56 Å². The third-order valence-corrected chi connectivity index (χ3v) is 1.99. The molecule has 0 aliphatic heterocycles. The van der Waals surface area contributed by atoms with Crippen LogP contribution in [0.1, 0.15) is 22.3 Å². The third kappa shape index (κ3) is 2.43. The Bertz CT molecular complexity index is 375. The van der Waals surface area contributed by atoms with Crippen LogP contribution in [0.3, 0.4) is 0 Å². The smallest absolute Gasteiger partial charge is 0.188 e. The quantitative estimate of drug-likeness (QED) is 0.400. The second-order valence-electron chi connectivity index (χ2n) is 3.29. The van der Waals surface area contributed by atoms with Gasteiger partial charge in [-0.2, -0.15) is 0 Å². The van der Waals surface area contributed by atoms with Crippen LogP contribution in [0.15, 0.2) is 49.1 Å². The van der Waals surface area contributed by atoms with Crippen molar-refractivity contribution in [1.82, 2.24) is 0 Å². The summed E-state index contributed by atoms with van der Waals surface area (Å²) in [7, 11) is 0. The lowest BCUT2D eigenvalue weighted by Gasteiger charge is -2.02. The van der Waals surface area contributed by atoms with Gasteiger partial charge in [-0.15, -0.1) is 6.58 Å². The van der Waals surface area contributed by atoms with E-state index in [9.17, 15) is 4.79 Å². The molecule has 0 spiro atoms. The molecule has 1 aromatic rings. The molecule has 72 valence electrons. The van der Waals surface area contributed by atoms with Crippen LogP contribution >= 0.6 is 0 Å². The minimum atomic E-state index is 0.00796. The summed E-state index contributed by atoms with van der Waals surface area (Å²) in [5.41, 5.74) is 2.38. The van der Waals surface area contributed by atoms with Crippen LogP contribution in [0.4, 0.5) is 0 Å². The van der Waals surface area contributed by atoms with Crippen LogP contribution in [-0.2, 0) is 0 Å². The molecular weight excluding hydrogens is 172 g/mol. The first-order valence-corrected chi connectivity index (χ1v) is 4.55. The fourth-order valence-corrected chi connectivity index (χ4v) is 1.26. The lowest BCUT2D eigenvalue weighted by atomic mass is 10.0. The van der Waals surface area contributed by atoms with E-state index < -0.39 is 0 Å². The predicted octanol–water partition coefficient (Wildman–Crippen LogP) is 3.31. The van der Waals surface area contributed by atoms with Crippen LogP contribution in [0, 0.1) is 6.92 Å². The maximum atomic E-state index is 11.7. The van der Waals surface area contributed by atoms with Crippen molar-refractivity contribution in [2.24, 2.45) is 0 Å². The number of ketones is 1. The van der Waals surface area contributed by atoms with E-state index in [1.54, 1.807) is 6.08 Å².